The Morgan fingerprint density at radius 3 is 2.60 bits per heavy atom. The van der Waals surface area contributed by atoms with Gasteiger partial charge in [0.05, 0.1) is 0 Å². The van der Waals surface area contributed by atoms with Crippen LogP contribution in [0.1, 0.15) is 5.56 Å². The van der Waals surface area contributed by atoms with Crippen molar-refractivity contribution in [2.45, 2.75) is 11.8 Å². The molecule has 0 spiro atoms. The summed E-state index contributed by atoms with van der Waals surface area (Å²) < 4.78 is 2.32. The van der Waals surface area contributed by atoms with Crippen molar-refractivity contribution in [2.75, 3.05) is 0 Å². The van der Waals surface area contributed by atoms with Crippen LogP contribution in [-0.2, 0) is 0 Å². The number of thiol groups is 1. The number of aryl methyl sites for hydroxylation is 1. The molecule has 0 saturated carbocycles. The molecule has 0 aromatic heterocycles. The number of halogens is 2. The van der Waals surface area contributed by atoms with Gasteiger partial charge in [-0.05, 0) is 47.2 Å². The number of rotatable bonds is 0. The summed E-state index contributed by atoms with van der Waals surface area (Å²) in [7, 11) is 0. The molecule has 0 nitrogen and oxygen atoms in total. The van der Waals surface area contributed by atoms with Gasteiger partial charge in [-0.25, -0.2) is 0 Å². The molecule has 0 saturated heterocycles. The molecule has 1 aromatic carbocycles. The van der Waals surface area contributed by atoms with Crippen molar-refractivity contribution in [1.82, 2.24) is 0 Å². The Morgan fingerprint density at radius 1 is 1.50 bits per heavy atom. The van der Waals surface area contributed by atoms with Gasteiger partial charge < -0.3 is 0 Å². The molecule has 0 radical (unpaired) electrons. The summed E-state index contributed by atoms with van der Waals surface area (Å²) in [5.74, 6) is 0. The van der Waals surface area contributed by atoms with Crippen molar-refractivity contribution in [2.24, 2.45) is 0 Å². The molecule has 0 amide bonds. The fraction of sp³-hybridized carbons (Fsp3) is 0.143. The molecular formula is C7H6BrIS. The van der Waals surface area contributed by atoms with Crippen molar-refractivity contribution in [3.63, 3.8) is 0 Å². The Balaban J connectivity index is 3.28. The van der Waals surface area contributed by atoms with Crippen LogP contribution in [0.25, 0.3) is 0 Å². The lowest BCUT2D eigenvalue weighted by Crippen LogP contribution is -1.79. The third kappa shape index (κ3) is 1.89. The molecule has 3 heteroatoms. The molecule has 1 rings (SSSR count). The molecule has 0 aliphatic carbocycles. The average molecular weight is 329 g/mol. The van der Waals surface area contributed by atoms with Crippen LogP contribution < -0.4 is 0 Å². The Labute approximate surface area is 88.1 Å². The van der Waals surface area contributed by atoms with Gasteiger partial charge >= 0.3 is 0 Å². The summed E-state index contributed by atoms with van der Waals surface area (Å²) in [4.78, 5) is 1.03. The predicted molar refractivity (Wildman–Crippen MR) is 58.8 cm³/mol. The minimum atomic E-state index is 1.03. The monoisotopic (exact) mass is 328 g/mol. The van der Waals surface area contributed by atoms with E-state index >= 15 is 0 Å². The highest BCUT2D eigenvalue weighted by atomic mass is 127. The molecule has 0 atom stereocenters. The zero-order chi connectivity index (χ0) is 7.72. The molecule has 54 valence electrons. The lowest BCUT2D eigenvalue weighted by Gasteiger charge is -2.00. The largest absolute Gasteiger partial charge is 0.142 e. The van der Waals surface area contributed by atoms with Crippen LogP contribution in [0.4, 0.5) is 0 Å². The Morgan fingerprint density at radius 2 is 2.10 bits per heavy atom. The van der Waals surface area contributed by atoms with Crippen molar-refractivity contribution < 1.29 is 0 Å². The van der Waals surface area contributed by atoms with E-state index < -0.39 is 0 Å². The third-order valence-electron chi connectivity index (χ3n) is 1.23. The second-order valence-electron chi connectivity index (χ2n) is 2.05. The highest BCUT2D eigenvalue weighted by Crippen LogP contribution is 2.24. The van der Waals surface area contributed by atoms with Crippen LogP contribution in [0.5, 0.6) is 0 Å². The maximum absolute atomic E-state index is 4.28. The molecule has 0 unspecified atom stereocenters. The van der Waals surface area contributed by atoms with Crippen molar-refractivity contribution in [1.29, 1.82) is 0 Å². The first-order valence-electron chi connectivity index (χ1n) is 2.76. The van der Waals surface area contributed by atoms with E-state index in [1.165, 1.54) is 9.13 Å². The SMILES string of the molecule is Cc1cc(I)c(S)cc1Br. The van der Waals surface area contributed by atoms with E-state index in [9.17, 15) is 0 Å². The lowest BCUT2D eigenvalue weighted by molar-refractivity contribution is 1.31. The minimum absolute atomic E-state index is 1.03. The molecule has 10 heavy (non-hydrogen) atoms. The molecule has 1 aromatic rings. The first kappa shape index (κ1) is 8.87. The zero-order valence-corrected chi connectivity index (χ0v) is 10.00. The van der Waals surface area contributed by atoms with Gasteiger partial charge in [-0.1, -0.05) is 15.9 Å². The molecule has 0 aliphatic rings. The normalized spacial score (nSPS) is 10.0. The van der Waals surface area contributed by atoms with E-state index in [4.69, 9.17) is 0 Å². The van der Waals surface area contributed by atoms with Crippen LogP contribution in [0.15, 0.2) is 21.5 Å². The van der Waals surface area contributed by atoms with Gasteiger partial charge in [0.1, 0.15) is 0 Å². The summed E-state index contributed by atoms with van der Waals surface area (Å²) >= 11 is 9.97. The Hall–Kier alpha value is 0.780. The second-order valence-corrected chi connectivity index (χ2v) is 4.55. The fourth-order valence-electron chi connectivity index (χ4n) is 0.636. The van der Waals surface area contributed by atoms with E-state index in [2.05, 4.69) is 64.1 Å². The van der Waals surface area contributed by atoms with Crippen LogP contribution in [0, 0.1) is 10.5 Å². The standard InChI is InChI=1S/C7H6BrIS/c1-4-2-6(9)7(10)3-5(4)8/h2-3,10H,1H3. The van der Waals surface area contributed by atoms with E-state index in [0.29, 0.717) is 0 Å². The lowest BCUT2D eigenvalue weighted by atomic mass is 10.2. The topological polar surface area (TPSA) is 0 Å². The molecule has 0 fully saturated rings. The first-order chi connectivity index (χ1) is 4.61. The summed E-state index contributed by atoms with van der Waals surface area (Å²) in [6, 6.07) is 4.12. The number of hydrogen-bond donors (Lipinski definition) is 1. The van der Waals surface area contributed by atoms with Gasteiger partial charge in [-0.2, -0.15) is 0 Å². The maximum Gasteiger partial charge on any atom is 0.0267 e. The molecule has 0 N–H and O–H groups in total. The van der Waals surface area contributed by atoms with E-state index in [0.717, 1.165) is 9.37 Å². The smallest absolute Gasteiger partial charge is 0.0267 e. The van der Waals surface area contributed by atoms with Gasteiger partial charge in [0, 0.05) is 12.9 Å². The summed E-state index contributed by atoms with van der Waals surface area (Å²) in [5.41, 5.74) is 1.25. The summed E-state index contributed by atoms with van der Waals surface area (Å²) in [6.07, 6.45) is 0. The number of hydrogen-bond acceptors (Lipinski definition) is 1. The first-order valence-corrected chi connectivity index (χ1v) is 5.08. The fourth-order valence-corrected chi connectivity index (χ4v) is 1.97. The third-order valence-corrected chi connectivity index (χ3v) is 3.77. The Bertz CT molecular complexity index is 210. The second kappa shape index (κ2) is 3.45. The molecule has 0 bridgehead atoms. The van der Waals surface area contributed by atoms with Crippen molar-refractivity contribution in [3.05, 3.63) is 25.7 Å². The van der Waals surface area contributed by atoms with Gasteiger partial charge in [0.25, 0.3) is 0 Å². The molecular weight excluding hydrogens is 323 g/mol. The van der Waals surface area contributed by atoms with Crippen LogP contribution in [0.3, 0.4) is 0 Å². The van der Waals surface area contributed by atoms with Crippen LogP contribution in [-0.4, -0.2) is 0 Å². The van der Waals surface area contributed by atoms with Crippen molar-refractivity contribution in [3.8, 4) is 0 Å². The maximum atomic E-state index is 4.28. The van der Waals surface area contributed by atoms with Gasteiger partial charge in [-0.3, -0.25) is 0 Å². The highest BCUT2D eigenvalue weighted by Gasteiger charge is 1.98. The minimum Gasteiger partial charge on any atom is -0.142 e. The van der Waals surface area contributed by atoms with E-state index in [1.807, 2.05) is 6.07 Å². The number of benzene rings is 1. The van der Waals surface area contributed by atoms with E-state index in [-0.39, 0.29) is 0 Å². The highest BCUT2D eigenvalue weighted by molar-refractivity contribution is 14.1. The quantitative estimate of drug-likeness (QED) is 0.545. The van der Waals surface area contributed by atoms with Gasteiger partial charge in [0.2, 0.25) is 0 Å². The van der Waals surface area contributed by atoms with Crippen LogP contribution >= 0.6 is 51.1 Å². The molecule has 0 heterocycles. The van der Waals surface area contributed by atoms with Crippen molar-refractivity contribution >= 4 is 51.1 Å². The molecule has 0 aliphatic heterocycles. The average Bonchev–Trinajstić information content (AvgIpc) is 1.84. The summed E-state index contributed by atoms with van der Waals surface area (Å²) in [6.45, 7) is 2.07. The predicted octanol–water partition coefficient (Wildman–Crippen LogP) is 3.65. The summed E-state index contributed by atoms with van der Waals surface area (Å²) in [5, 5.41) is 0. The van der Waals surface area contributed by atoms with Gasteiger partial charge in [0.15, 0.2) is 0 Å². The van der Waals surface area contributed by atoms with Gasteiger partial charge in [-0.15, -0.1) is 12.6 Å². The Kier molecular flexibility index (Phi) is 3.06. The zero-order valence-electron chi connectivity index (χ0n) is 5.36. The van der Waals surface area contributed by atoms with Crippen LogP contribution in [0.2, 0.25) is 0 Å². The van der Waals surface area contributed by atoms with E-state index in [1.54, 1.807) is 0 Å².